The molecule has 1 atom stereocenters. The third-order valence-electron chi connectivity index (χ3n) is 6.50. The van der Waals surface area contributed by atoms with Crippen molar-refractivity contribution in [2.24, 2.45) is 0 Å². The normalized spacial score (nSPS) is 20.7. The molecule has 2 aromatic carbocycles. The van der Waals surface area contributed by atoms with Gasteiger partial charge in [0.05, 0.1) is 24.5 Å². The number of methoxy groups -OCH3 is 1. The van der Waals surface area contributed by atoms with Gasteiger partial charge < -0.3 is 24.4 Å². The fourth-order valence-corrected chi connectivity index (χ4v) is 4.91. The van der Waals surface area contributed by atoms with Crippen molar-refractivity contribution >= 4 is 29.0 Å². The third kappa shape index (κ3) is 3.78. The lowest BCUT2D eigenvalue weighted by Crippen LogP contribution is -2.52. The molecule has 8 nitrogen and oxygen atoms in total. The summed E-state index contributed by atoms with van der Waals surface area (Å²) in [6.07, 6.45) is 1.62. The Hall–Kier alpha value is -3.65. The Balaban J connectivity index is 1.97. The summed E-state index contributed by atoms with van der Waals surface area (Å²) in [7, 11) is 1.49. The van der Waals surface area contributed by atoms with Gasteiger partial charge in [-0.15, -0.1) is 0 Å². The molecule has 184 valence electrons. The summed E-state index contributed by atoms with van der Waals surface area (Å²) in [6.45, 7) is 4.95. The van der Waals surface area contributed by atoms with Crippen LogP contribution in [0.2, 0.25) is 0 Å². The van der Waals surface area contributed by atoms with Gasteiger partial charge >= 0.3 is 0 Å². The van der Waals surface area contributed by atoms with E-state index in [1.165, 1.54) is 12.0 Å². The second-order valence-corrected chi connectivity index (χ2v) is 8.50. The van der Waals surface area contributed by atoms with E-state index in [9.17, 15) is 19.5 Å². The van der Waals surface area contributed by atoms with Crippen molar-refractivity contribution in [3.05, 3.63) is 65.2 Å². The maximum Gasteiger partial charge on any atom is 0.296 e. The topological polar surface area (TPSA) is 96.4 Å². The summed E-state index contributed by atoms with van der Waals surface area (Å²) < 4.78 is 10.7. The van der Waals surface area contributed by atoms with Gasteiger partial charge in [0.2, 0.25) is 0 Å². The van der Waals surface area contributed by atoms with Crippen LogP contribution in [0.15, 0.2) is 54.1 Å². The van der Waals surface area contributed by atoms with Crippen molar-refractivity contribution in [2.75, 3.05) is 38.3 Å². The van der Waals surface area contributed by atoms with Crippen molar-refractivity contribution in [1.29, 1.82) is 0 Å². The average molecular weight is 479 g/mol. The first-order valence-electron chi connectivity index (χ1n) is 11.9. The van der Waals surface area contributed by atoms with Crippen LogP contribution in [-0.4, -0.2) is 61.0 Å². The van der Waals surface area contributed by atoms with E-state index >= 15 is 0 Å². The first-order chi connectivity index (χ1) is 16.9. The number of unbranched alkanes of at least 4 members (excludes halogenated alkanes) is 1. The second-order valence-electron chi connectivity index (χ2n) is 8.50. The Kier molecular flexibility index (Phi) is 6.93. The monoisotopic (exact) mass is 478 g/mol. The zero-order valence-electron chi connectivity index (χ0n) is 20.2. The predicted molar refractivity (Wildman–Crippen MR) is 131 cm³/mol. The summed E-state index contributed by atoms with van der Waals surface area (Å²) >= 11 is 0. The van der Waals surface area contributed by atoms with Crippen molar-refractivity contribution in [3.63, 3.8) is 0 Å². The molecule has 1 spiro atoms. The quantitative estimate of drug-likeness (QED) is 0.337. The van der Waals surface area contributed by atoms with E-state index in [1.807, 2.05) is 26.0 Å². The van der Waals surface area contributed by atoms with Crippen molar-refractivity contribution < 1.29 is 29.0 Å². The predicted octanol–water partition coefficient (Wildman–Crippen LogP) is 3.45. The number of fused-ring (bicyclic) bond motifs is 2. The number of likely N-dealkylation sites (tertiary alicyclic amines) is 1. The molecule has 1 saturated heterocycles. The third-order valence-corrected chi connectivity index (χ3v) is 6.50. The highest BCUT2D eigenvalue weighted by Crippen LogP contribution is 2.53. The first kappa shape index (κ1) is 24.5. The molecule has 35 heavy (non-hydrogen) atoms. The lowest BCUT2D eigenvalue weighted by atomic mass is 9.82. The van der Waals surface area contributed by atoms with Gasteiger partial charge in [0.15, 0.2) is 5.54 Å². The van der Waals surface area contributed by atoms with Gasteiger partial charge in [-0.3, -0.25) is 14.4 Å². The summed E-state index contributed by atoms with van der Waals surface area (Å²) in [5.74, 6) is -1.95. The van der Waals surface area contributed by atoms with Gasteiger partial charge in [0.1, 0.15) is 11.5 Å². The number of carbonyl (C=O) groups is 3. The smallest absolute Gasteiger partial charge is 0.296 e. The summed E-state index contributed by atoms with van der Waals surface area (Å²) in [5.41, 5.74) is -0.537. The SMILES string of the molecule is CCCCN1C(=O)C2(C(=C(O)c3ccc(OCC)cc3)C(=O)C(=O)N2CCOC)c2ccccc21. The molecular weight excluding hydrogens is 448 g/mol. The Morgan fingerprint density at radius 2 is 1.71 bits per heavy atom. The van der Waals surface area contributed by atoms with Crippen LogP contribution in [0.4, 0.5) is 5.69 Å². The maximum atomic E-state index is 14.2. The molecule has 1 unspecified atom stereocenters. The van der Waals surface area contributed by atoms with Crippen LogP contribution >= 0.6 is 0 Å². The van der Waals surface area contributed by atoms with Crippen LogP contribution in [0, 0.1) is 0 Å². The van der Waals surface area contributed by atoms with Gasteiger partial charge in [0, 0.05) is 31.3 Å². The number of hydrogen-bond donors (Lipinski definition) is 1. The zero-order valence-corrected chi connectivity index (χ0v) is 20.2. The minimum atomic E-state index is -1.76. The molecule has 0 aromatic heterocycles. The number of aliphatic hydroxyl groups excluding tert-OH is 1. The number of aliphatic hydroxyl groups is 1. The van der Waals surface area contributed by atoms with E-state index in [0.717, 1.165) is 12.8 Å². The first-order valence-corrected chi connectivity index (χ1v) is 11.9. The molecule has 0 saturated carbocycles. The van der Waals surface area contributed by atoms with Gasteiger partial charge in [-0.1, -0.05) is 31.5 Å². The van der Waals surface area contributed by atoms with Gasteiger partial charge in [-0.25, -0.2) is 0 Å². The van der Waals surface area contributed by atoms with E-state index in [1.54, 1.807) is 41.3 Å². The van der Waals surface area contributed by atoms with Crippen LogP contribution in [-0.2, 0) is 24.7 Å². The van der Waals surface area contributed by atoms with Crippen LogP contribution < -0.4 is 9.64 Å². The summed E-state index contributed by atoms with van der Waals surface area (Å²) in [5, 5.41) is 11.4. The van der Waals surface area contributed by atoms with Crippen LogP contribution in [0.5, 0.6) is 5.75 Å². The minimum absolute atomic E-state index is 0.0167. The molecule has 2 aliphatic heterocycles. The molecule has 8 heteroatoms. The standard InChI is InChI=1S/C27H30N2O6/c1-4-6-15-28-21-10-8-7-9-20(21)27(26(28)33)22(24(31)25(32)29(27)16-17-34-3)23(30)18-11-13-19(14-12-18)35-5-2/h7-14,30H,4-6,15-17H2,1-3H3. The van der Waals surface area contributed by atoms with Gasteiger partial charge in [0.25, 0.3) is 17.6 Å². The number of rotatable bonds is 9. The number of para-hydroxylation sites is 1. The van der Waals surface area contributed by atoms with E-state index < -0.39 is 28.9 Å². The number of hydrogen-bond acceptors (Lipinski definition) is 6. The summed E-state index contributed by atoms with van der Waals surface area (Å²) in [6, 6.07) is 13.7. The highest BCUT2D eigenvalue weighted by atomic mass is 16.5. The Bertz CT molecular complexity index is 1170. The lowest BCUT2D eigenvalue weighted by molar-refractivity contribution is -0.144. The lowest BCUT2D eigenvalue weighted by Gasteiger charge is -2.34. The number of ether oxygens (including phenoxy) is 2. The van der Waals surface area contributed by atoms with E-state index in [4.69, 9.17) is 9.47 Å². The number of anilines is 1. The number of Topliss-reactive ketones (excluding diaryl/α,β-unsaturated/α-hetero) is 1. The fourth-order valence-electron chi connectivity index (χ4n) is 4.91. The number of nitrogens with zero attached hydrogens (tertiary/aromatic N) is 2. The van der Waals surface area contributed by atoms with E-state index in [0.29, 0.717) is 35.7 Å². The molecular formula is C27H30N2O6. The maximum absolute atomic E-state index is 14.2. The van der Waals surface area contributed by atoms with Crippen molar-refractivity contribution in [2.45, 2.75) is 32.2 Å². The summed E-state index contributed by atoms with van der Waals surface area (Å²) in [4.78, 5) is 43.9. The Morgan fingerprint density at radius 1 is 1.00 bits per heavy atom. The molecule has 2 amide bonds. The highest BCUT2D eigenvalue weighted by molar-refractivity contribution is 6.50. The Morgan fingerprint density at radius 3 is 2.37 bits per heavy atom. The number of benzene rings is 2. The van der Waals surface area contributed by atoms with Crippen LogP contribution in [0.1, 0.15) is 37.8 Å². The second kappa shape index (κ2) is 9.92. The number of amides is 2. The Labute approximate surface area is 204 Å². The van der Waals surface area contributed by atoms with E-state index in [-0.39, 0.29) is 18.7 Å². The van der Waals surface area contributed by atoms with E-state index in [2.05, 4.69) is 0 Å². The van der Waals surface area contributed by atoms with Gasteiger partial charge in [-0.2, -0.15) is 0 Å². The van der Waals surface area contributed by atoms with Crippen molar-refractivity contribution in [3.8, 4) is 5.75 Å². The molecule has 2 aromatic rings. The van der Waals surface area contributed by atoms with Crippen LogP contribution in [0.25, 0.3) is 5.76 Å². The van der Waals surface area contributed by atoms with Crippen molar-refractivity contribution in [1.82, 2.24) is 4.90 Å². The molecule has 1 fully saturated rings. The number of ketones is 1. The molecule has 0 radical (unpaired) electrons. The molecule has 2 aliphatic rings. The minimum Gasteiger partial charge on any atom is -0.507 e. The average Bonchev–Trinajstić information content (AvgIpc) is 3.24. The molecule has 0 bridgehead atoms. The number of carbonyl (C=O) groups excluding carboxylic acids is 3. The largest absolute Gasteiger partial charge is 0.507 e. The molecule has 2 heterocycles. The zero-order chi connectivity index (χ0) is 25.2. The van der Waals surface area contributed by atoms with Gasteiger partial charge in [-0.05, 0) is 43.7 Å². The van der Waals surface area contributed by atoms with Crippen LogP contribution in [0.3, 0.4) is 0 Å². The molecule has 4 rings (SSSR count). The highest BCUT2D eigenvalue weighted by Gasteiger charge is 2.66. The molecule has 0 aliphatic carbocycles. The fraction of sp³-hybridized carbons (Fsp3) is 0.370. The molecule has 1 N–H and O–H groups in total.